The van der Waals surface area contributed by atoms with Gasteiger partial charge in [0.05, 0.1) is 13.2 Å². The molecule has 0 saturated heterocycles. The molecule has 3 rings (SSSR count). The van der Waals surface area contributed by atoms with Crippen LogP contribution in [0.25, 0.3) is 11.1 Å². The van der Waals surface area contributed by atoms with Gasteiger partial charge in [0.1, 0.15) is 17.1 Å². The van der Waals surface area contributed by atoms with Gasteiger partial charge in [-0.05, 0) is 48.4 Å². The normalized spacial score (nSPS) is 14.1. The number of carbonyl (C=O) groups is 1. The van der Waals surface area contributed by atoms with E-state index in [0.717, 1.165) is 11.1 Å². The van der Waals surface area contributed by atoms with Crippen LogP contribution in [-0.2, 0) is 13.9 Å². The Bertz CT molecular complexity index is 1200. The van der Waals surface area contributed by atoms with E-state index >= 15 is 0 Å². The van der Waals surface area contributed by atoms with Crippen LogP contribution < -0.4 is 15.8 Å². The highest BCUT2D eigenvalue weighted by atomic mass is 31.2. The molecular formula is C25H28FN2O6P. The number of rotatable bonds is 10. The summed E-state index contributed by atoms with van der Waals surface area (Å²) < 4.78 is 35.7. The Morgan fingerprint density at radius 2 is 1.77 bits per heavy atom. The molecular weight excluding hydrogens is 474 g/mol. The number of ether oxygens (including phenoxy) is 1. The first kappa shape index (κ1) is 26.5. The fraction of sp³-hybridized carbons (Fsp3) is 0.240. The van der Waals surface area contributed by atoms with E-state index in [9.17, 15) is 13.8 Å². The van der Waals surface area contributed by atoms with Crippen LogP contribution in [0, 0.1) is 5.82 Å². The molecule has 0 heterocycles. The summed E-state index contributed by atoms with van der Waals surface area (Å²) in [6.45, 7) is 2.89. The Labute approximate surface area is 203 Å². The molecule has 0 fully saturated rings. The molecule has 0 aliphatic carbocycles. The fourth-order valence-electron chi connectivity index (χ4n) is 3.20. The lowest BCUT2D eigenvalue weighted by Crippen LogP contribution is -2.52. The Kier molecular flexibility index (Phi) is 8.43. The molecule has 0 aliphatic rings. The molecule has 8 nitrogen and oxygen atoms in total. The van der Waals surface area contributed by atoms with Gasteiger partial charge >= 0.3 is 7.82 Å². The predicted molar refractivity (Wildman–Crippen MR) is 131 cm³/mol. The van der Waals surface area contributed by atoms with Crippen LogP contribution in [0.2, 0.25) is 0 Å². The van der Waals surface area contributed by atoms with Crippen LogP contribution in [0.15, 0.2) is 72.8 Å². The van der Waals surface area contributed by atoms with Crippen molar-refractivity contribution in [3.63, 3.8) is 0 Å². The Hall–Kier alpha value is -3.07. The van der Waals surface area contributed by atoms with E-state index in [2.05, 4.69) is 9.84 Å². The first-order valence-corrected chi connectivity index (χ1v) is 12.4. The highest BCUT2D eigenvalue weighted by Crippen LogP contribution is 2.36. The molecule has 0 aromatic heterocycles. The minimum Gasteiger partial charge on any atom is -0.493 e. The van der Waals surface area contributed by atoms with Gasteiger partial charge in [-0.25, -0.2) is 8.96 Å². The second kappa shape index (κ2) is 11.1. The average Bonchev–Trinajstić information content (AvgIpc) is 2.82. The zero-order valence-electron chi connectivity index (χ0n) is 19.3. The summed E-state index contributed by atoms with van der Waals surface area (Å²) >= 11 is 0. The monoisotopic (exact) mass is 502 g/mol. The molecule has 3 aromatic rings. The minimum atomic E-state index is -4.75. The van der Waals surface area contributed by atoms with Crippen molar-refractivity contribution in [3.8, 4) is 16.9 Å². The van der Waals surface area contributed by atoms with Gasteiger partial charge in [-0.2, -0.15) is 0 Å². The predicted octanol–water partition coefficient (Wildman–Crippen LogP) is 4.44. The summed E-state index contributed by atoms with van der Waals surface area (Å²) in [6, 6.07) is 21.0. The first-order valence-electron chi connectivity index (χ1n) is 10.8. The van der Waals surface area contributed by atoms with Crippen molar-refractivity contribution in [2.75, 3.05) is 18.5 Å². The molecule has 0 aliphatic heterocycles. The van der Waals surface area contributed by atoms with Crippen molar-refractivity contribution < 1.29 is 32.8 Å². The van der Waals surface area contributed by atoms with Gasteiger partial charge in [0.15, 0.2) is 0 Å². The standard InChI is InChI=1S/C25H28FN2O6P/c1-17(19-8-13-22(23(26)14-19)18-6-4-3-5-7-18)15-33-21-11-9-20(10-12-21)28-24(29)25(2,27)16-34-35(30,31)32/h3-14,17H,15-16,27H2,1-2H3,(H,28,29)(H2,30,31,32). The van der Waals surface area contributed by atoms with Gasteiger partial charge in [-0.15, -0.1) is 0 Å². The molecule has 2 unspecified atom stereocenters. The third kappa shape index (κ3) is 7.71. The van der Waals surface area contributed by atoms with Gasteiger partial charge in [-0.3, -0.25) is 9.32 Å². The van der Waals surface area contributed by atoms with Crippen LogP contribution in [0.4, 0.5) is 10.1 Å². The minimum absolute atomic E-state index is 0.0688. The van der Waals surface area contributed by atoms with E-state index in [-0.39, 0.29) is 11.7 Å². The summed E-state index contributed by atoms with van der Waals surface area (Å²) in [7, 11) is -4.75. The summed E-state index contributed by atoms with van der Waals surface area (Å²) in [5.74, 6) is -0.481. The van der Waals surface area contributed by atoms with Crippen LogP contribution in [0.1, 0.15) is 25.3 Å². The van der Waals surface area contributed by atoms with E-state index in [0.29, 0.717) is 23.6 Å². The highest BCUT2D eigenvalue weighted by Gasteiger charge is 2.32. The number of carbonyl (C=O) groups excluding carboxylic acids is 1. The van der Waals surface area contributed by atoms with Gasteiger partial charge in [0.25, 0.3) is 0 Å². The van der Waals surface area contributed by atoms with Crippen LogP contribution in [0.3, 0.4) is 0 Å². The van der Waals surface area contributed by atoms with E-state index in [1.54, 1.807) is 30.3 Å². The number of amides is 1. The fourth-order valence-corrected chi connectivity index (χ4v) is 3.64. The topological polar surface area (TPSA) is 131 Å². The van der Waals surface area contributed by atoms with Crippen LogP contribution in [0.5, 0.6) is 5.75 Å². The largest absolute Gasteiger partial charge is 0.493 e. The molecule has 0 radical (unpaired) electrons. The number of benzene rings is 3. The number of hydrogen-bond acceptors (Lipinski definition) is 5. The number of anilines is 1. The molecule has 35 heavy (non-hydrogen) atoms. The molecule has 0 spiro atoms. The van der Waals surface area contributed by atoms with Crippen molar-refractivity contribution >= 4 is 19.4 Å². The van der Waals surface area contributed by atoms with E-state index in [1.165, 1.54) is 13.0 Å². The first-order chi connectivity index (χ1) is 16.4. The van der Waals surface area contributed by atoms with Crippen LogP contribution in [-0.4, -0.2) is 34.4 Å². The quantitative estimate of drug-likeness (QED) is 0.302. The zero-order chi connectivity index (χ0) is 25.6. The summed E-state index contributed by atoms with van der Waals surface area (Å²) in [6.07, 6.45) is 0. The third-order valence-corrected chi connectivity index (χ3v) is 5.78. The molecule has 186 valence electrons. The smallest absolute Gasteiger partial charge is 0.469 e. The molecule has 0 bridgehead atoms. The van der Waals surface area contributed by atoms with Crippen molar-refractivity contribution in [3.05, 3.63) is 84.2 Å². The Balaban J connectivity index is 1.55. The SMILES string of the molecule is CC(COc1ccc(NC(=O)C(C)(N)COP(=O)(O)O)cc1)c1ccc(-c2ccccc2)c(F)c1. The van der Waals surface area contributed by atoms with Gasteiger partial charge in [-0.1, -0.05) is 49.4 Å². The van der Waals surface area contributed by atoms with E-state index in [4.69, 9.17) is 20.3 Å². The summed E-state index contributed by atoms with van der Waals surface area (Å²) in [5, 5.41) is 2.57. The lowest BCUT2D eigenvalue weighted by Gasteiger charge is -2.23. The van der Waals surface area contributed by atoms with Gasteiger partial charge in [0, 0.05) is 17.2 Å². The molecule has 10 heteroatoms. The van der Waals surface area contributed by atoms with E-state index < -0.39 is 25.9 Å². The number of nitrogens with two attached hydrogens (primary N) is 1. The van der Waals surface area contributed by atoms with Gasteiger partial charge < -0.3 is 25.6 Å². The van der Waals surface area contributed by atoms with E-state index in [1.807, 2.05) is 43.3 Å². The Morgan fingerprint density at radius 1 is 1.11 bits per heavy atom. The average molecular weight is 502 g/mol. The number of halogens is 1. The number of phosphoric acid groups is 1. The molecule has 0 saturated carbocycles. The molecule has 1 amide bonds. The second-order valence-electron chi connectivity index (χ2n) is 8.48. The van der Waals surface area contributed by atoms with Gasteiger partial charge in [0.2, 0.25) is 5.91 Å². The lowest BCUT2D eigenvalue weighted by atomic mass is 9.97. The highest BCUT2D eigenvalue weighted by molar-refractivity contribution is 7.46. The maximum atomic E-state index is 14.7. The number of phosphoric ester groups is 1. The van der Waals surface area contributed by atoms with Crippen molar-refractivity contribution in [2.45, 2.75) is 25.3 Å². The molecule has 2 atom stereocenters. The number of hydrogen-bond donors (Lipinski definition) is 4. The summed E-state index contributed by atoms with van der Waals surface area (Å²) in [5.41, 5.74) is 6.74. The maximum Gasteiger partial charge on any atom is 0.469 e. The second-order valence-corrected chi connectivity index (χ2v) is 9.72. The summed E-state index contributed by atoms with van der Waals surface area (Å²) in [4.78, 5) is 29.9. The third-order valence-electron chi connectivity index (χ3n) is 5.31. The maximum absolute atomic E-state index is 14.7. The lowest BCUT2D eigenvalue weighted by molar-refractivity contribution is -0.121. The van der Waals surface area contributed by atoms with Crippen LogP contribution >= 0.6 is 7.82 Å². The van der Waals surface area contributed by atoms with Crippen molar-refractivity contribution in [1.29, 1.82) is 0 Å². The zero-order valence-corrected chi connectivity index (χ0v) is 20.2. The Morgan fingerprint density at radius 3 is 2.37 bits per heavy atom. The number of nitrogens with one attached hydrogen (secondary N) is 1. The molecule has 5 N–H and O–H groups in total. The molecule has 3 aromatic carbocycles. The van der Waals surface area contributed by atoms with Crippen molar-refractivity contribution in [2.24, 2.45) is 5.73 Å². The van der Waals surface area contributed by atoms with Crippen molar-refractivity contribution in [1.82, 2.24) is 0 Å².